The molecule has 1 unspecified atom stereocenters. The van der Waals surface area contributed by atoms with E-state index >= 15 is 0 Å². The Morgan fingerprint density at radius 1 is 1.15 bits per heavy atom. The Kier molecular flexibility index (Phi) is 5.65. The van der Waals surface area contributed by atoms with Crippen LogP contribution in [0.4, 0.5) is 4.39 Å². The number of hydrogen-bond acceptors (Lipinski definition) is 6. The molecule has 3 amide bonds. The third-order valence-corrected chi connectivity index (χ3v) is 6.90. The van der Waals surface area contributed by atoms with Crippen molar-refractivity contribution in [2.24, 2.45) is 0 Å². The van der Waals surface area contributed by atoms with E-state index in [1.165, 1.54) is 11.0 Å². The van der Waals surface area contributed by atoms with Crippen molar-refractivity contribution >= 4 is 17.7 Å². The summed E-state index contributed by atoms with van der Waals surface area (Å²) >= 11 is 0. The van der Waals surface area contributed by atoms with Crippen LogP contribution in [-0.4, -0.2) is 56.6 Å². The van der Waals surface area contributed by atoms with Crippen molar-refractivity contribution < 1.29 is 18.8 Å². The predicted molar refractivity (Wildman–Crippen MR) is 116 cm³/mol. The van der Waals surface area contributed by atoms with Crippen LogP contribution in [0.5, 0.6) is 0 Å². The Balaban J connectivity index is 1.31. The number of piperidine rings is 2. The topological polar surface area (TPSA) is 95.5 Å². The number of rotatable bonds is 4. The summed E-state index contributed by atoms with van der Waals surface area (Å²) in [5.74, 6) is -0.646. The lowest BCUT2D eigenvalue weighted by Crippen LogP contribution is -2.52. The number of fused-ring (bicyclic) bond motifs is 1. The molecule has 3 aliphatic heterocycles. The van der Waals surface area contributed by atoms with E-state index in [1.807, 2.05) is 13.0 Å². The third-order valence-electron chi connectivity index (χ3n) is 6.90. The molecule has 0 bridgehead atoms. The molecule has 0 saturated carbocycles. The fourth-order valence-corrected chi connectivity index (χ4v) is 5.24. The zero-order valence-electron chi connectivity index (χ0n) is 18.5. The fourth-order valence-electron chi connectivity index (χ4n) is 5.24. The van der Waals surface area contributed by atoms with Crippen molar-refractivity contribution in [3.63, 3.8) is 0 Å². The number of carbonyl (C=O) groups is 3. The molecule has 172 valence electrons. The number of nitrogens with zero attached hydrogens (tertiary/aromatic N) is 4. The summed E-state index contributed by atoms with van der Waals surface area (Å²) in [6, 6.07) is 4.05. The number of aryl methyl sites for hydroxylation is 1. The van der Waals surface area contributed by atoms with Crippen LogP contribution in [0.3, 0.4) is 0 Å². The van der Waals surface area contributed by atoms with Gasteiger partial charge in [-0.3, -0.25) is 24.6 Å². The Hall–Kier alpha value is -3.20. The monoisotopic (exact) mass is 451 g/mol. The standard InChI is InChI=1S/C24H26FN5O3/c1-14-26-7-4-17(27-14)12-29-8-5-15(6-9-29)18-10-16(25)11-19-20(18)13-30(24(19)33)21-2-3-22(31)28-23(21)32/h4,7,10-11,15,21H,2-3,5-6,8-9,12-13H2,1H3,(H,28,31,32). The van der Waals surface area contributed by atoms with Crippen LogP contribution in [0, 0.1) is 12.7 Å². The molecule has 5 rings (SSSR count). The molecule has 4 heterocycles. The average molecular weight is 452 g/mol. The highest BCUT2D eigenvalue weighted by Gasteiger charge is 2.41. The van der Waals surface area contributed by atoms with Gasteiger partial charge in [0.25, 0.3) is 5.91 Å². The molecule has 1 N–H and O–H groups in total. The van der Waals surface area contributed by atoms with Crippen LogP contribution < -0.4 is 5.32 Å². The number of likely N-dealkylation sites (tertiary alicyclic amines) is 1. The Morgan fingerprint density at radius 2 is 1.94 bits per heavy atom. The average Bonchev–Trinajstić information content (AvgIpc) is 3.10. The van der Waals surface area contributed by atoms with Gasteiger partial charge in [-0.05, 0) is 74.5 Å². The van der Waals surface area contributed by atoms with E-state index in [4.69, 9.17) is 0 Å². The summed E-state index contributed by atoms with van der Waals surface area (Å²) in [6.45, 7) is 4.60. The normalized spacial score (nSPS) is 21.9. The number of halogens is 1. The van der Waals surface area contributed by atoms with Crippen LogP contribution in [0.15, 0.2) is 24.4 Å². The van der Waals surface area contributed by atoms with E-state index in [2.05, 4.69) is 20.2 Å². The van der Waals surface area contributed by atoms with Gasteiger partial charge in [0, 0.05) is 31.3 Å². The second kappa shape index (κ2) is 8.62. The van der Waals surface area contributed by atoms with Gasteiger partial charge in [-0.1, -0.05) is 0 Å². The largest absolute Gasteiger partial charge is 0.322 e. The lowest BCUT2D eigenvalue weighted by Gasteiger charge is -2.33. The first kappa shape index (κ1) is 21.6. The summed E-state index contributed by atoms with van der Waals surface area (Å²) in [5.41, 5.74) is 3.01. The molecule has 0 spiro atoms. The van der Waals surface area contributed by atoms with E-state index in [0.717, 1.165) is 55.1 Å². The molecule has 0 aliphatic carbocycles. The van der Waals surface area contributed by atoms with Crippen molar-refractivity contribution in [3.05, 3.63) is 58.4 Å². The van der Waals surface area contributed by atoms with E-state index in [-0.39, 0.29) is 30.7 Å². The molecule has 1 aromatic heterocycles. The van der Waals surface area contributed by atoms with E-state index in [9.17, 15) is 18.8 Å². The van der Waals surface area contributed by atoms with Gasteiger partial charge < -0.3 is 4.90 Å². The minimum Gasteiger partial charge on any atom is -0.322 e. The molecular formula is C24H26FN5O3. The molecular weight excluding hydrogens is 425 g/mol. The SMILES string of the molecule is Cc1nccc(CN2CCC(c3cc(F)cc4c3CN(C3CCC(=O)NC3=O)C4=O)CC2)n1. The van der Waals surface area contributed by atoms with Crippen molar-refractivity contribution in [2.45, 2.75) is 57.7 Å². The lowest BCUT2D eigenvalue weighted by molar-refractivity contribution is -0.136. The van der Waals surface area contributed by atoms with Crippen LogP contribution in [0.1, 0.15) is 64.6 Å². The van der Waals surface area contributed by atoms with Gasteiger partial charge in [0.15, 0.2) is 0 Å². The van der Waals surface area contributed by atoms with Gasteiger partial charge >= 0.3 is 0 Å². The summed E-state index contributed by atoms with van der Waals surface area (Å²) in [6.07, 6.45) is 3.97. The lowest BCUT2D eigenvalue weighted by atomic mass is 9.85. The van der Waals surface area contributed by atoms with Crippen molar-refractivity contribution in [3.8, 4) is 0 Å². The van der Waals surface area contributed by atoms with Crippen LogP contribution in [0.25, 0.3) is 0 Å². The van der Waals surface area contributed by atoms with Crippen LogP contribution >= 0.6 is 0 Å². The number of imide groups is 1. The molecule has 9 heteroatoms. The van der Waals surface area contributed by atoms with E-state index < -0.39 is 17.8 Å². The summed E-state index contributed by atoms with van der Waals surface area (Å²) in [5, 5.41) is 2.31. The minimum absolute atomic E-state index is 0.146. The second-order valence-corrected chi connectivity index (χ2v) is 9.07. The zero-order valence-corrected chi connectivity index (χ0v) is 18.5. The molecule has 1 aromatic carbocycles. The van der Waals surface area contributed by atoms with Crippen molar-refractivity contribution in [1.29, 1.82) is 0 Å². The van der Waals surface area contributed by atoms with Crippen molar-refractivity contribution in [2.75, 3.05) is 13.1 Å². The van der Waals surface area contributed by atoms with Gasteiger partial charge in [0.1, 0.15) is 17.7 Å². The molecule has 2 saturated heterocycles. The number of benzene rings is 1. The van der Waals surface area contributed by atoms with Gasteiger partial charge in [-0.15, -0.1) is 0 Å². The van der Waals surface area contributed by atoms with E-state index in [1.54, 1.807) is 12.3 Å². The first-order valence-corrected chi connectivity index (χ1v) is 11.4. The Morgan fingerprint density at radius 3 is 2.67 bits per heavy atom. The molecule has 1 atom stereocenters. The molecule has 0 radical (unpaired) electrons. The third kappa shape index (κ3) is 4.25. The summed E-state index contributed by atoms with van der Waals surface area (Å²) in [4.78, 5) is 49.3. The maximum Gasteiger partial charge on any atom is 0.255 e. The number of hydrogen-bond donors (Lipinski definition) is 1. The Bertz CT molecular complexity index is 1130. The minimum atomic E-state index is -0.698. The molecule has 8 nitrogen and oxygen atoms in total. The predicted octanol–water partition coefficient (Wildman–Crippen LogP) is 2.06. The maximum atomic E-state index is 14.5. The highest BCUT2D eigenvalue weighted by molar-refractivity contribution is 6.05. The van der Waals surface area contributed by atoms with E-state index in [0.29, 0.717) is 12.0 Å². The first-order valence-electron chi connectivity index (χ1n) is 11.4. The van der Waals surface area contributed by atoms with Crippen LogP contribution in [-0.2, 0) is 22.7 Å². The van der Waals surface area contributed by atoms with Crippen LogP contribution in [0.2, 0.25) is 0 Å². The Labute approximate surface area is 191 Å². The molecule has 3 aliphatic rings. The smallest absolute Gasteiger partial charge is 0.255 e. The number of aromatic nitrogens is 2. The van der Waals surface area contributed by atoms with Gasteiger partial charge in [-0.25, -0.2) is 14.4 Å². The highest BCUT2D eigenvalue weighted by Crippen LogP contribution is 2.37. The zero-order chi connectivity index (χ0) is 23.1. The van der Waals surface area contributed by atoms with Gasteiger partial charge in [0.2, 0.25) is 11.8 Å². The summed E-state index contributed by atoms with van der Waals surface area (Å²) < 4.78 is 14.5. The fraction of sp³-hybridized carbons (Fsp3) is 0.458. The molecule has 2 fully saturated rings. The van der Waals surface area contributed by atoms with Gasteiger partial charge in [-0.2, -0.15) is 0 Å². The number of carbonyl (C=O) groups excluding carboxylic acids is 3. The maximum absolute atomic E-state index is 14.5. The number of amides is 3. The molecule has 33 heavy (non-hydrogen) atoms. The molecule has 2 aromatic rings. The first-order chi connectivity index (χ1) is 15.9. The quantitative estimate of drug-likeness (QED) is 0.715. The van der Waals surface area contributed by atoms with Crippen molar-refractivity contribution in [1.82, 2.24) is 25.1 Å². The summed E-state index contributed by atoms with van der Waals surface area (Å²) in [7, 11) is 0. The second-order valence-electron chi connectivity index (χ2n) is 9.07. The number of nitrogens with one attached hydrogen (secondary N) is 1. The highest BCUT2D eigenvalue weighted by atomic mass is 19.1. The van der Waals surface area contributed by atoms with Gasteiger partial charge in [0.05, 0.1) is 5.69 Å².